The summed E-state index contributed by atoms with van der Waals surface area (Å²) in [6.45, 7) is 6.76. The number of nitrogens with zero attached hydrogens (tertiary/aromatic N) is 1. The largest absolute Gasteiger partial charge is 0.352 e. The molecule has 16 heavy (non-hydrogen) atoms. The van der Waals surface area contributed by atoms with Gasteiger partial charge in [-0.25, -0.2) is 4.98 Å². The highest BCUT2D eigenvalue weighted by Gasteiger charge is 2.13. The Morgan fingerprint density at radius 3 is 2.75 bits per heavy atom. The standard InChI is InChI=1S/C12H17FN2O/c1-8(2)9(3)7-15-12(16)10-5-4-6-14-11(10)13/h4-6,8-9H,7H2,1-3H3,(H,15,16). The number of pyridine rings is 1. The zero-order chi connectivity index (χ0) is 12.1. The minimum atomic E-state index is -0.725. The molecule has 4 heteroatoms. The first-order valence-electron chi connectivity index (χ1n) is 5.41. The molecule has 1 rings (SSSR count). The van der Waals surface area contributed by atoms with Crippen molar-refractivity contribution in [3.8, 4) is 0 Å². The van der Waals surface area contributed by atoms with Gasteiger partial charge in [0, 0.05) is 12.7 Å². The Morgan fingerprint density at radius 2 is 2.19 bits per heavy atom. The fourth-order valence-electron chi connectivity index (χ4n) is 1.14. The molecule has 1 heterocycles. The normalized spacial score (nSPS) is 12.6. The Hall–Kier alpha value is -1.45. The molecular weight excluding hydrogens is 207 g/mol. The number of rotatable bonds is 4. The molecule has 3 nitrogen and oxygen atoms in total. The predicted molar refractivity (Wildman–Crippen MR) is 60.5 cm³/mol. The molecule has 0 aliphatic rings. The van der Waals surface area contributed by atoms with Crippen molar-refractivity contribution in [3.05, 3.63) is 29.8 Å². The molecule has 0 aliphatic heterocycles. The molecule has 0 saturated carbocycles. The van der Waals surface area contributed by atoms with E-state index in [4.69, 9.17) is 0 Å². The van der Waals surface area contributed by atoms with E-state index in [2.05, 4.69) is 24.1 Å². The molecular formula is C12H17FN2O. The quantitative estimate of drug-likeness (QED) is 0.797. The average molecular weight is 224 g/mol. The van der Waals surface area contributed by atoms with Gasteiger partial charge >= 0.3 is 0 Å². The fourth-order valence-corrected chi connectivity index (χ4v) is 1.14. The van der Waals surface area contributed by atoms with Gasteiger partial charge in [0.25, 0.3) is 5.91 Å². The first-order chi connectivity index (χ1) is 7.52. The van der Waals surface area contributed by atoms with Crippen molar-refractivity contribution in [3.63, 3.8) is 0 Å². The summed E-state index contributed by atoms with van der Waals surface area (Å²) in [6, 6.07) is 2.97. The van der Waals surface area contributed by atoms with Gasteiger partial charge < -0.3 is 5.32 Å². The smallest absolute Gasteiger partial charge is 0.255 e. The number of nitrogens with one attached hydrogen (secondary N) is 1. The van der Waals surface area contributed by atoms with Gasteiger partial charge in [-0.2, -0.15) is 4.39 Å². The van der Waals surface area contributed by atoms with E-state index in [9.17, 15) is 9.18 Å². The van der Waals surface area contributed by atoms with Crippen LogP contribution in [0.15, 0.2) is 18.3 Å². The van der Waals surface area contributed by atoms with Crippen LogP contribution < -0.4 is 5.32 Å². The molecule has 0 radical (unpaired) electrons. The second-order valence-electron chi connectivity index (χ2n) is 4.27. The van der Waals surface area contributed by atoms with Crippen molar-refractivity contribution in [2.75, 3.05) is 6.54 Å². The van der Waals surface area contributed by atoms with Gasteiger partial charge in [-0.05, 0) is 24.0 Å². The van der Waals surface area contributed by atoms with Crippen molar-refractivity contribution in [1.29, 1.82) is 0 Å². The predicted octanol–water partition coefficient (Wildman–Crippen LogP) is 2.24. The van der Waals surface area contributed by atoms with Crippen LogP contribution in [0.4, 0.5) is 4.39 Å². The van der Waals surface area contributed by atoms with E-state index in [-0.39, 0.29) is 5.56 Å². The molecule has 0 aliphatic carbocycles. The minimum absolute atomic E-state index is 0.00143. The van der Waals surface area contributed by atoms with Crippen LogP contribution in [0.2, 0.25) is 0 Å². The lowest BCUT2D eigenvalue weighted by Gasteiger charge is -2.15. The van der Waals surface area contributed by atoms with Crippen LogP contribution in [0.5, 0.6) is 0 Å². The number of carbonyl (C=O) groups excluding carboxylic acids is 1. The lowest BCUT2D eigenvalue weighted by atomic mass is 9.98. The van der Waals surface area contributed by atoms with Crippen LogP contribution in [-0.2, 0) is 0 Å². The van der Waals surface area contributed by atoms with Gasteiger partial charge in [-0.15, -0.1) is 0 Å². The molecule has 0 fully saturated rings. The fraction of sp³-hybridized carbons (Fsp3) is 0.500. The Bertz CT molecular complexity index is 366. The van der Waals surface area contributed by atoms with Gasteiger partial charge in [0.2, 0.25) is 5.95 Å². The summed E-state index contributed by atoms with van der Waals surface area (Å²) < 4.78 is 13.2. The van der Waals surface area contributed by atoms with Gasteiger partial charge in [0.1, 0.15) is 0 Å². The van der Waals surface area contributed by atoms with Crippen LogP contribution in [-0.4, -0.2) is 17.4 Å². The Labute approximate surface area is 95.1 Å². The zero-order valence-corrected chi connectivity index (χ0v) is 9.83. The van der Waals surface area contributed by atoms with Crippen molar-refractivity contribution in [2.24, 2.45) is 11.8 Å². The van der Waals surface area contributed by atoms with Crippen LogP contribution >= 0.6 is 0 Å². The maximum absolute atomic E-state index is 13.2. The summed E-state index contributed by atoms with van der Waals surface area (Å²) in [5, 5.41) is 2.70. The molecule has 1 unspecified atom stereocenters. The van der Waals surface area contributed by atoms with Gasteiger partial charge in [0.05, 0.1) is 5.56 Å². The monoisotopic (exact) mass is 224 g/mol. The molecule has 1 amide bonds. The van der Waals surface area contributed by atoms with Crippen LogP contribution in [0.25, 0.3) is 0 Å². The van der Waals surface area contributed by atoms with Crippen molar-refractivity contribution in [2.45, 2.75) is 20.8 Å². The molecule has 1 aromatic heterocycles. The highest BCUT2D eigenvalue weighted by Crippen LogP contribution is 2.08. The molecule has 1 aromatic rings. The summed E-state index contributed by atoms with van der Waals surface area (Å²) in [7, 11) is 0. The highest BCUT2D eigenvalue weighted by atomic mass is 19.1. The first kappa shape index (κ1) is 12.6. The van der Waals surface area contributed by atoms with Crippen molar-refractivity contribution >= 4 is 5.91 Å². The molecule has 0 bridgehead atoms. The lowest BCUT2D eigenvalue weighted by molar-refractivity contribution is 0.0940. The van der Waals surface area contributed by atoms with E-state index in [0.29, 0.717) is 18.4 Å². The maximum atomic E-state index is 13.2. The number of aromatic nitrogens is 1. The van der Waals surface area contributed by atoms with E-state index < -0.39 is 11.9 Å². The summed E-state index contributed by atoms with van der Waals surface area (Å²) in [4.78, 5) is 15.0. The van der Waals surface area contributed by atoms with Crippen LogP contribution in [0.1, 0.15) is 31.1 Å². The Balaban J connectivity index is 2.57. The number of hydrogen-bond acceptors (Lipinski definition) is 2. The second kappa shape index (κ2) is 5.58. The zero-order valence-electron chi connectivity index (χ0n) is 9.83. The third-order valence-electron chi connectivity index (χ3n) is 2.73. The highest BCUT2D eigenvalue weighted by molar-refractivity contribution is 5.94. The van der Waals surface area contributed by atoms with E-state index in [1.807, 2.05) is 6.92 Å². The van der Waals surface area contributed by atoms with Gasteiger partial charge in [0.15, 0.2) is 0 Å². The Kier molecular flexibility index (Phi) is 4.40. The molecule has 0 saturated heterocycles. The first-order valence-corrected chi connectivity index (χ1v) is 5.41. The molecule has 0 spiro atoms. The van der Waals surface area contributed by atoms with Crippen molar-refractivity contribution < 1.29 is 9.18 Å². The molecule has 0 aromatic carbocycles. The number of halogens is 1. The summed E-state index contributed by atoms with van der Waals surface area (Å²) in [5.74, 6) is -0.280. The summed E-state index contributed by atoms with van der Waals surface area (Å²) in [6.07, 6.45) is 1.32. The maximum Gasteiger partial charge on any atom is 0.255 e. The second-order valence-corrected chi connectivity index (χ2v) is 4.27. The number of hydrogen-bond donors (Lipinski definition) is 1. The van der Waals surface area contributed by atoms with Crippen molar-refractivity contribution in [1.82, 2.24) is 10.3 Å². The summed E-state index contributed by atoms with van der Waals surface area (Å²) >= 11 is 0. The third kappa shape index (κ3) is 3.29. The molecule has 1 atom stereocenters. The van der Waals surface area contributed by atoms with E-state index in [1.54, 1.807) is 6.07 Å². The minimum Gasteiger partial charge on any atom is -0.352 e. The van der Waals surface area contributed by atoms with Gasteiger partial charge in [-0.3, -0.25) is 4.79 Å². The van der Waals surface area contributed by atoms with E-state index >= 15 is 0 Å². The third-order valence-corrected chi connectivity index (χ3v) is 2.73. The SMILES string of the molecule is CC(C)C(C)CNC(=O)c1cccnc1F. The number of carbonyl (C=O) groups is 1. The molecule has 1 N–H and O–H groups in total. The van der Waals surface area contributed by atoms with E-state index in [0.717, 1.165) is 0 Å². The number of amides is 1. The van der Waals surface area contributed by atoms with Crippen LogP contribution in [0.3, 0.4) is 0 Å². The Morgan fingerprint density at radius 1 is 1.50 bits per heavy atom. The topological polar surface area (TPSA) is 42.0 Å². The van der Waals surface area contributed by atoms with Gasteiger partial charge in [-0.1, -0.05) is 20.8 Å². The van der Waals surface area contributed by atoms with E-state index in [1.165, 1.54) is 12.3 Å². The van der Waals surface area contributed by atoms with Crippen LogP contribution in [0, 0.1) is 17.8 Å². The lowest BCUT2D eigenvalue weighted by Crippen LogP contribution is -2.30. The average Bonchev–Trinajstić information content (AvgIpc) is 2.25. The summed E-state index contributed by atoms with van der Waals surface area (Å²) in [5.41, 5.74) is -0.00143. The molecule has 88 valence electrons.